The molecule has 5 aromatic heterocycles. The standard InChI is InChI=1S/C48H32N2.C48H29NOS/c1-3-17-33(18-4-1)35-26-15-32-46-47(35)41-25-11-14-30-44(41)50(46)42-28-12-9-23-38(42)36-21-7-8-22-37(36)39-27-16-31-45-48(39)40-24-10-13-29-43(40)49(45)34-19-5-2-6-20-34;1-2-14-33(38-20-11-21-39-37-17-6-10-26-46(37)51-48(38)39)32(13-1)34-15-3-7-22-41(34)49-42-23-8-4-18-40(42)47-31(19-12-24-43(47)49)30-27-28-36-35-16-5-9-25-44(35)50-45(36)29-30/h1-32H;1-29H/i2D,5D,6D,10D,13D,16D,19D,20D,24D,27D,29D,31D;. The highest BCUT2D eigenvalue weighted by molar-refractivity contribution is 7.26. The highest BCUT2D eigenvalue weighted by atomic mass is 32.1. The van der Waals surface area contributed by atoms with E-state index in [1.54, 1.807) is 12.1 Å². The van der Waals surface area contributed by atoms with E-state index in [0.29, 0.717) is 11.1 Å². The molecule has 472 valence electrons. The van der Waals surface area contributed by atoms with E-state index >= 15 is 0 Å². The molecular weight excluding hydrogens is 1240 g/mol. The normalized spacial score (nSPS) is 13.4. The van der Waals surface area contributed by atoms with Crippen molar-refractivity contribution in [3.63, 3.8) is 0 Å². The summed E-state index contributed by atoms with van der Waals surface area (Å²) in [5.74, 6) is 0. The van der Waals surface area contributed by atoms with Crippen LogP contribution in [0.5, 0.6) is 0 Å². The van der Waals surface area contributed by atoms with Crippen LogP contribution in [0.15, 0.2) is 374 Å². The van der Waals surface area contributed by atoms with Gasteiger partial charge < -0.3 is 18.1 Å². The number of benzene rings is 16. The number of nitrogens with zero attached hydrogens (tertiary/aromatic N) is 3. The third-order valence-electron chi connectivity index (χ3n) is 19.8. The maximum atomic E-state index is 9.55. The van der Waals surface area contributed by atoms with Crippen LogP contribution in [0.4, 0.5) is 0 Å². The Morgan fingerprint density at radius 1 is 0.248 bits per heavy atom. The molecule has 16 aromatic carbocycles. The van der Waals surface area contributed by atoms with Gasteiger partial charge in [0.15, 0.2) is 0 Å². The Morgan fingerprint density at radius 3 is 1.40 bits per heavy atom. The Balaban J connectivity index is 0.000000149. The summed E-state index contributed by atoms with van der Waals surface area (Å²) in [5.41, 5.74) is 18.4. The van der Waals surface area contributed by atoms with Crippen LogP contribution >= 0.6 is 11.3 Å². The Hall–Kier alpha value is -13.1. The second kappa shape index (κ2) is 23.9. The van der Waals surface area contributed by atoms with Crippen LogP contribution in [0.3, 0.4) is 0 Å². The van der Waals surface area contributed by atoms with Gasteiger partial charge in [-0.1, -0.05) is 285 Å². The summed E-state index contributed by atoms with van der Waals surface area (Å²) in [5, 5.41) is 9.38. The average Bonchev–Trinajstić information content (AvgIpc) is 1.51. The number of fused-ring (bicyclic) bond motifs is 15. The van der Waals surface area contributed by atoms with E-state index < -0.39 is 72.2 Å². The molecule has 0 N–H and O–H groups in total. The topological polar surface area (TPSA) is 27.9 Å². The van der Waals surface area contributed by atoms with E-state index in [9.17, 15) is 5.48 Å². The first-order valence-electron chi connectivity index (χ1n) is 39.6. The molecule has 0 aliphatic carbocycles. The molecule has 0 aliphatic heterocycles. The van der Waals surface area contributed by atoms with Crippen LogP contribution < -0.4 is 0 Å². The summed E-state index contributed by atoms with van der Waals surface area (Å²) in [6.45, 7) is 0. The fourth-order valence-corrected chi connectivity index (χ4v) is 16.8. The molecule has 4 nitrogen and oxygen atoms in total. The maximum absolute atomic E-state index is 9.55. The van der Waals surface area contributed by atoms with Gasteiger partial charge in [0.1, 0.15) is 11.2 Å². The lowest BCUT2D eigenvalue weighted by Gasteiger charge is -2.17. The van der Waals surface area contributed by atoms with Gasteiger partial charge in [-0.15, -0.1) is 11.3 Å². The number of hydrogen-bond acceptors (Lipinski definition) is 2. The Bertz CT molecular complexity index is 7590. The number of para-hydroxylation sites is 7. The zero-order valence-electron chi connectivity index (χ0n) is 65.9. The van der Waals surface area contributed by atoms with Crippen LogP contribution in [-0.4, -0.2) is 13.7 Å². The first-order valence-corrected chi connectivity index (χ1v) is 34.4. The molecule has 101 heavy (non-hydrogen) atoms. The summed E-state index contributed by atoms with van der Waals surface area (Å²) in [4.78, 5) is 0. The fourth-order valence-electron chi connectivity index (χ4n) is 15.5. The molecule has 21 rings (SSSR count). The average molecular weight is 1320 g/mol. The third kappa shape index (κ3) is 9.36. The van der Waals surface area contributed by atoms with Gasteiger partial charge in [-0.05, 0) is 135 Å². The quantitative estimate of drug-likeness (QED) is 0.142. The van der Waals surface area contributed by atoms with Crippen LogP contribution in [0.25, 0.3) is 191 Å². The van der Waals surface area contributed by atoms with Crippen molar-refractivity contribution < 1.29 is 20.9 Å². The molecule has 0 spiro atoms. The lowest BCUT2D eigenvalue weighted by molar-refractivity contribution is 0.669. The molecule has 0 saturated carbocycles. The molecule has 0 bridgehead atoms. The Kier molecular flexibility index (Phi) is 11.1. The minimum atomic E-state index is -0.685. The summed E-state index contributed by atoms with van der Waals surface area (Å²) < 4.78 is 122. The monoisotopic (exact) mass is 1320 g/mol. The van der Waals surface area contributed by atoms with Gasteiger partial charge in [0.25, 0.3) is 0 Å². The minimum Gasteiger partial charge on any atom is -0.456 e. The first-order chi connectivity index (χ1) is 55.2. The van der Waals surface area contributed by atoms with Gasteiger partial charge in [0.05, 0.1) is 60.9 Å². The predicted molar refractivity (Wildman–Crippen MR) is 429 cm³/mol. The molecule has 0 radical (unpaired) electrons. The summed E-state index contributed by atoms with van der Waals surface area (Å²) >= 11 is 1.88. The molecule has 0 saturated heterocycles. The van der Waals surface area contributed by atoms with Crippen LogP contribution in [0.1, 0.15) is 16.4 Å². The maximum Gasteiger partial charge on any atom is 0.136 e. The Labute approximate surface area is 603 Å². The van der Waals surface area contributed by atoms with E-state index in [0.717, 1.165) is 81.9 Å². The molecule has 0 aliphatic rings. The van der Waals surface area contributed by atoms with Crippen LogP contribution in [-0.2, 0) is 0 Å². The van der Waals surface area contributed by atoms with E-state index in [-0.39, 0.29) is 33.4 Å². The van der Waals surface area contributed by atoms with Gasteiger partial charge in [-0.25, -0.2) is 0 Å². The van der Waals surface area contributed by atoms with Crippen LogP contribution in [0, 0.1) is 0 Å². The predicted octanol–water partition coefficient (Wildman–Crippen LogP) is 26.9. The van der Waals surface area contributed by atoms with Crippen LogP contribution in [0.2, 0.25) is 0 Å². The molecule has 0 atom stereocenters. The first kappa shape index (κ1) is 47.0. The van der Waals surface area contributed by atoms with Crippen molar-refractivity contribution in [2.45, 2.75) is 0 Å². The van der Waals surface area contributed by atoms with Crippen molar-refractivity contribution in [1.82, 2.24) is 13.7 Å². The van der Waals surface area contributed by atoms with Crippen molar-refractivity contribution in [3.8, 4) is 83.8 Å². The van der Waals surface area contributed by atoms with Gasteiger partial charge >= 0.3 is 0 Å². The van der Waals surface area contributed by atoms with E-state index in [2.05, 4.69) is 209 Å². The smallest absolute Gasteiger partial charge is 0.136 e. The molecule has 21 aromatic rings. The lowest BCUT2D eigenvalue weighted by Crippen LogP contribution is -1.98. The van der Waals surface area contributed by atoms with Crippen molar-refractivity contribution in [2.75, 3.05) is 0 Å². The number of rotatable bonds is 9. The lowest BCUT2D eigenvalue weighted by atomic mass is 9.91. The van der Waals surface area contributed by atoms with Crippen molar-refractivity contribution >= 4 is 119 Å². The number of hydrogen-bond donors (Lipinski definition) is 0. The minimum absolute atomic E-state index is 0.0131. The Morgan fingerprint density at radius 2 is 0.713 bits per heavy atom. The largest absolute Gasteiger partial charge is 0.456 e. The van der Waals surface area contributed by atoms with E-state index in [4.69, 9.17) is 15.4 Å². The summed E-state index contributed by atoms with van der Waals surface area (Å²) in [6, 6.07) is 96.2. The highest BCUT2D eigenvalue weighted by Gasteiger charge is 2.25. The van der Waals surface area contributed by atoms with Crippen molar-refractivity contribution in [2.24, 2.45) is 0 Å². The fraction of sp³-hybridized carbons (Fsp3) is 0. The number of thiophene rings is 1. The molecule has 0 fully saturated rings. The molecule has 5 heterocycles. The SMILES string of the molecule is [2H]c1c([2H])c([2H])c(-n2c3c([2H])c([2H])c([2H])c([2H])c3c3c(-c4ccccc4-c4ccccc4-n4c5ccccc5c5c(-c6ccccc6)cccc54)c([2H])c([2H])c([2H])c32)c([2H])c1[2H].c1ccc(-c2cccc3c2sc2ccccc23)c(-c2ccccc2-n2c3ccccc3c3c(-c4ccc5c(c4)oc4ccccc45)cccc32)c1. The number of furan rings is 1. The summed E-state index contributed by atoms with van der Waals surface area (Å²) in [7, 11) is 0. The van der Waals surface area contributed by atoms with Crippen molar-refractivity contribution in [1.29, 1.82) is 0 Å². The van der Waals surface area contributed by atoms with E-state index in [1.807, 2.05) is 96.3 Å². The van der Waals surface area contributed by atoms with Gasteiger partial charge in [0.2, 0.25) is 0 Å². The highest BCUT2D eigenvalue weighted by Crippen LogP contribution is 2.49. The third-order valence-corrected chi connectivity index (χ3v) is 21.0. The second-order valence-corrected chi connectivity index (χ2v) is 26.2. The van der Waals surface area contributed by atoms with Gasteiger partial charge in [0, 0.05) is 85.6 Å². The summed E-state index contributed by atoms with van der Waals surface area (Å²) in [6.07, 6.45) is 0. The molecular formula is C96H61N3OS. The molecule has 0 amide bonds. The number of aromatic nitrogens is 3. The van der Waals surface area contributed by atoms with Gasteiger partial charge in [-0.2, -0.15) is 0 Å². The van der Waals surface area contributed by atoms with Crippen molar-refractivity contribution in [3.05, 3.63) is 370 Å². The zero-order valence-corrected chi connectivity index (χ0v) is 54.8. The molecule has 0 unspecified atom stereocenters. The molecule has 5 heteroatoms. The zero-order chi connectivity index (χ0) is 76.9. The van der Waals surface area contributed by atoms with E-state index in [1.165, 1.54) is 69.8 Å². The van der Waals surface area contributed by atoms with Gasteiger partial charge in [-0.3, -0.25) is 0 Å². The second-order valence-electron chi connectivity index (χ2n) is 25.2.